The number of carbonyl (C=O) groups excluding carboxylic acids is 1. The van der Waals surface area contributed by atoms with E-state index >= 15 is 0 Å². The first-order valence-corrected chi connectivity index (χ1v) is 7.90. The first-order valence-electron chi connectivity index (χ1n) is 6.47. The van der Waals surface area contributed by atoms with Crippen LogP contribution in [0.3, 0.4) is 0 Å². The van der Waals surface area contributed by atoms with Crippen molar-refractivity contribution in [2.45, 2.75) is 18.6 Å². The van der Waals surface area contributed by atoms with E-state index < -0.39 is 0 Å². The van der Waals surface area contributed by atoms with Gasteiger partial charge in [0.1, 0.15) is 13.1 Å². The van der Waals surface area contributed by atoms with E-state index in [1.54, 1.807) is 11.8 Å². The first-order chi connectivity index (χ1) is 10.1. The third-order valence-corrected chi connectivity index (χ3v) is 4.36. The molecule has 0 N–H and O–H groups in total. The van der Waals surface area contributed by atoms with Gasteiger partial charge in [0.25, 0.3) is 0 Å². The summed E-state index contributed by atoms with van der Waals surface area (Å²) in [5.41, 5.74) is 1.16. The van der Waals surface area contributed by atoms with Crippen LogP contribution in [-0.2, 0) is 4.79 Å². The normalized spacial score (nSPS) is 11.2. The summed E-state index contributed by atoms with van der Waals surface area (Å²) in [6.07, 6.45) is 0.325. The Hall–Kier alpha value is -1.69. The highest BCUT2D eigenvalue weighted by atomic mass is 35.5. The quantitative estimate of drug-likeness (QED) is 0.722. The monoisotopic (exact) mass is 321 g/mol. The lowest BCUT2D eigenvalue weighted by molar-refractivity contribution is -0.129. The number of nitrogens with zero attached hydrogens (tertiary/aromatic N) is 3. The Balaban J connectivity index is 2.42. The Morgan fingerprint density at radius 3 is 2.38 bits per heavy atom. The average molecular weight is 322 g/mol. The van der Waals surface area contributed by atoms with Crippen molar-refractivity contribution < 1.29 is 4.79 Å². The standard InChI is InChI=1S/C15H16ClN3OS/c1-12(13-2-4-14(16)5-3-13)21-11-6-15(20)19(9-7-17)10-8-18/h2-5,12H,6,9-11H2,1H3. The van der Waals surface area contributed by atoms with Crippen molar-refractivity contribution in [2.24, 2.45) is 0 Å². The third kappa shape index (κ3) is 6.08. The average Bonchev–Trinajstić information content (AvgIpc) is 2.47. The van der Waals surface area contributed by atoms with E-state index in [9.17, 15) is 4.79 Å². The zero-order valence-electron chi connectivity index (χ0n) is 11.8. The molecule has 0 aliphatic rings. The van der Waals surface area contributed by atoms with Crippen LogP contribution in [0.2, 0.25) is 5.02 Å². The topological polar surface area (TPSA) is 67.9 Å². The molecule has 1 unspecified atom stereocenters. The molecule has 0 radical (unpaired) electrons. The summed E-state index contributed by atoms with van der Waals surface area (Å²) in [5.74, 6) is 0.490. The van der Waals surface area contributed by atoms with Crippen molar-refractivity contribution >= 4 is 29.3 Å². The van der Waals surface area contributed by atoms with Gasteiger partial charge in [-0.15, -0.1) is 0 Å². The fraction of sp³-hybridized carbons (Fsp3) is 0.400. The maximum atomic E-state index is 11.9. The van der Waals surface area contributed by atoms with Gasteiger partial charge in [-0.05, 0) is 24.6 Å². The van der Waals surface area contributed by atoms with Crippen LogP contribution in [-0.4, -0.2) is 29.6 Å². The lowest BCUT2D eigenvalue weighted by atomic mass is 10.2. The molecule has 1 aromatic carbocycles. The fourth-order valence-corrected chi connectivity index (χ4v) is 2.84. The lowest BCUT2D eigenvalue weighted by Crippen LogP contribution is -2.31. The lowest BCUT2D eigenvalue weighted by Gasteiger charge is -2.16. The third-order valence-electron chi connectivity index (χ3n) is 2.90. The zero-order valence-corrected chi connectivity index (χ0v) is 13.3. The molecule has 0 aliphatic carbocycles. The molecule has 1 rings (SSSR count). The number of halogens is 1. The van der Waals surface area contributed by atoms with Crippen LogP contribution in [0.1, 0.15) is 24.2 Å². The Bertz CT molecular complexity index is 532. The largest absolute Gasteiger partial charge is 0.316 e. The second-order valence-corrected chi connectivity index (χ2v) is 6.27. The van der Waals surface area contributed by atoms with Crippen LogP contribution in [0.15, 0.2) is 24.3 Å². The summed E-state index contributed by atoms with van der Waals surface area (Å²) < 4.78 is 0. The molecular formula is C15H16ClN3OS. The molecule has 1 aromatic rings. The molecule has 0 aliphatic heterocycles. The number of amides is 1. The van der Waals surface area contributed by atoms with Crippen molar-refractivity contribution in [3.05, 3.63) is 34.9 Å². The van der Waals surface area contributed by atoms with E-state index in [1.807, 2.05) is 36.4 Å². The van der Waals surface area contributed by atoms with E-state index in [0.29, 0.717) is 17.2 Å². The molecule has 0 heterocycles. The zero-order chi connectivity index (χ0) is 15.7. The van der Waals surface area contributed by atoms with Crippen LogP contribution in [0, 0.1) is 22.7 Å². The Morgan fingerprint density at radius 1 is 1.29 bits per heavy atom. The van der Waals surface area contributed by atoms with Gasteiger partial charge in [-0.2, -0.15) is 22.3 Å². The minimum Gasteiger partial charge on any atom is -0.316 e. The molecule has 0 spiro atoms. The van der Waals surface area contributed by atoms with Crippen molar-refractivity contribution in [2.75, 3.05) is 18.8 Å². The number of rotatable bonds is 7. The number of nitriles is 2. The first kappa shape index (κ1) is 17.4. The van der Waals surface area contributed by atoms with E-state index in [0.717, 1.165) is 5.56 Å². The number of carbonyl (C=O) groups is 1. The van der Waals surface area contributed by atoms with Crippen LogP contribution in [0.5, 0.6) is 0 Å². The highest BCUT2D eigenvalue weighted by Crippen LogP contribution is 2.29. The van der Waals surface area contributed by atoms with Crippen molar-refractivity contribution in [1.82, 2.24) is 4.90 Å². The maximum absolute atomic E-state index is 11.9. The molecule has 0 fully saturated rings. The summed E-state index contributed by atoms with van der Waals surface area (Å²) in [6, 6.07) is 11.4. The predicted octanol–water partition coefficient (Wildman–Crippen LogP) is 3.40. The van der Waals surface area contributed by atoms with Crippen molar-refractivity contribution in [1.29, 1.82) is 10.5 Å². The van der Waals surface area contributed by atoms with Gasteiger partial charge in [0.2, 0.25) is 5.91 Å². The summed E-state index contributed by atoms with van der Waals surface area (Å²) >= 11 is 7.51. The van der Waals surface area contributed by atoms with E-state index in [1.165, 1.54) is 4.90 Å². The highest BCUT2D eigenvalue weighted by Gasteiger charge is 2.13. The van der Waals surface area contributed by atoms with Gasteiger partial charge in [-0.1, -0.05) is 23.7 Å². The van der Waals surface area contributed by atoms with Gasteiger partial charge in [-0.3, -0.25) is 4.79 Å². The van der Waals surface area contributed by atoms with Crippen molar-refractivity contribution in [3.63, 3.8) is 0 Å². The molecule has 21 heavy (non-hydrogen) atoms. The predicted molar refractivity (Wildman–Crippen MR) is 84.7 cm³/mol. The molecule has 4 nitrogen and oxygen atoms in total. The van der Waals surface area contributed by atoms with Crippen LogP contribution in [0.4, 0.5) is 0 Å². The molecule has 0 saturated heterocycles. The van der Waals surface area contributed by atoms with Crippen LogP contribution in [0.25, 0.3) is 0 Å². The second-order valence-electron chi connectivity index (χ2n) is 4.38. The highest BCUT2D eigenvalue weighted by molar-refractivity contribution is 7.99. The summed E-state index contributed by atoms with van der Waals surface area (Å²) in [6.45, 7) is 1.99. The molecule has 0 bridgehead atoms. The second kappa shape index (κ2) is 9.28. The van der Waals surface area contributed by atoms with E-state index in [2.05, 4.69) is 6.92 Å². The Kier molecular flexibility index (Phi) is 7.68. The Labute approximate surface area is 134 Å². The van der Waals surface area contributed by atoms with Gasteiger partial charge in [0, 0.05) is 22.4 Å². The van der Waals surface area contributed by atoms with Gasteiger partial charge in [0.05, 0.1) is 12.1 Å². The van der Waals surface area contributed by atoms with Crippen molar-refractivity contribution in [3.8, 4) is 12.1 Å². The fourth-order valence-electron chi connectivity index (χ4n) is 1.71. The van der Waals surface area contributed by atoms with Crippen LogP contribution < -0.4 is 0 Å². The summed E-state index contributed by atoms with van der Waals surface area (Å²) in [7, 11) is 0. The Morgan fingerprint density at radius 2 is 1.86 bits per heavy atom. The number of hydrogen-bond donors (Lipinski definition) is 0. The molecule has 1 amide bonds. The molecule has 1 atom stereocenters. The molecule has 0 saturated carbocycles. The number of benzene rings is 1. The van der Waals surface area contributed by atoms with Crippen LogP contribution >= 0.6 is 23.4 Å². The van der Waals surface area contributed by atoms with E-state index in [-0.39, 0.29) is 24.2 Å². The molecule has 6 heteroatoms. The minimum absolute atomic E-state index is 0.0379. The van der Waals surface area contributed by atoms with Gasteiger partial charge < -0.3 is 4.90 Å². The summed E-state index contributed by atoms with van der Waals surface area (Å²) in [5, 5.41) is 18.2. The molecule has 0 aromatic heterocycles. The van der Waals surface area contributed by atoms with Gasteiger partial charge in [0.15, 0.2) is 0 Å². The van der Waals surface area contributed by atoms with E-state index in [4.69, 9.17) is 22.1 Å². The number of hydrogen-bond acceptors (Lipinski definition) is 4. The maximum Gasteiger partial charge on any atom is 0.225 e. The number of thioether (sulfide) groups is 1. The molecule has 110 valence electrons. The molecular weight excluding hydrogens is 306 g/mol. The SMILES string of the molecule is CC(SCCC(=O)N(CC#N)CC#N)c1ccc(Cl)cc1. The van der Waals surface area contributed by atoms with Gasteiger partial charge >= 0.3 is 0 Å². The minimum atomic E-state index is -0.158. The smallest absolute Gasteiger partial charge is 0.225 e. The summed E-state index contributed by atoms with van der Waals surface area (Å²) in [4.78, 5) is 13.2. The van der Waals surface area contributed by atoms with Gasteiger partial charge in [-0.25, -0.2) is 0 Å².